The van der Waals surface area contributed by atoms with E-state index in [0.29, 0.717) is 24.7 Å². The smallest absolute Gasteiger partial charge is 0.350 e. The van der Waals surface area contributed by atoms with Crippen LogP contribution in [0.2, 0.25) is 0 Å². The highest BCUT2D eigenvalue weighted by atomic mass is 19.1. The maximum atomic E-state index is 14.9. The average molecular weight is 508 g/mol. The average Bonchev–Trinajstić information content (AvgIpc) is 3.23. The quantitative estimate of drug-likeness (QED) is 0.377. The number of ether oxygens (including phenoxy) is 2. The van der Waals surface area contributed by atoms with Crippen molar-refractivity contribution in [3.63, 3.8) is 0 Å². The van der Waals surface area contributed by atoms with Crippen molar-refractivity contribution in [1.82, 2.24) is 19.3 Å². The van der Waals surface area contributed by atoms with Gasteiger partial charge >= 0.3 is 5.69 Å². The molecule has 9 nitrogen and oxygen atoms in total. The van der Waals surface area contributed by atoms with Crippen molar-refractivity contribution >= 4 is 5.82 Å². The molecule has 0 bridgehead atoms. The number of anilines is 1. The van der Waals surface area contributed by atoms with Gasteiger partial charge in [0.25, 0.3) is 0 Å². The summed E-state index contributed by atoms with van der Waals surface area (Å²) in [5.41, 5.74) is -1.76. The molecule has 1 aliphatic rings. The second-order valence-corrected chi connectivity index (χ2v) is 8.39. The van der Waals surface area contributed by atoms with Crippen LogP contribution in [-0.4, -0.2) is 45.1 Å². The molecule has 0 atom stereocenters. The Morgan fingerprint density at radius 2 is 1.84 bits per heavy atom. The molecule has 2 aromatic heterocycles. The number of rotatable bonds is 7. The Bertz CT molecular complexity index is 1550. The van der Waals surface area contributed by atoms with Gasteiger partial charge in [-0.15, -0.1) is 0 Å². The molecular formula is C25H19F3N6O3. The zero-order chi connectivity index (χ0) is 26.2. The minimum Gasteiger partial charge on any atom is -0.454 e. The second kappa shape index (κ2) is 9.44. The number of halogens is 3. The van der Waals surface area contributed by atoms with E-state index in [1.807, 2.05) is 4.90 Å². The summed E-state index contributed by atoms with van der Waals surface area (Å²) in [4.78, 5) is 18.8. The van der Waals surface area contributed by atoms with Gasteiger partial charge in [-0.3, -0.25) is 4.57 Å². The highest BCUT2D eigenvalue weighted by molar-refractivity contribution is 5.50. The highest BCUT2D eigenvalue weighted by Gasteiger charge is 2.44. The first-order valence-corrected chi connectivity index (χ1v) is 11.0. The summed E-state index contributed by atoms with van der Waals surface area (Å²) in [5.74, 6) is -1.58. The third-order valence-electron chi connectivity index (χ3n) is 6.04. The lowest BCUT2D eigenvalue weighted by atomic mass is 9.96. The van der Waals surface area contributed by atoms with E-state index >= 15 is 0 Å². The molecule has 188 valence electrons. The van der Waals surface area contributed by atoms with Gasteiger partial charge < -0.3 is 14.4 Å². The van der Waals surface area contributed by atoms with Crippen LogP contribution in [0.3, 0.4) is 0 Å². The maximum absolute atomic E-state index is 14.9. The lowest BCUT2D eigenvalue weighted by molar-refractivity contribution is 0.0151. The first-order chi connectivity index (χ1) is 17.8. The molecule has 0 spiro atoms. The van der Waals surface area contributed by atoms with Crippen molar-refractivity contribution in [3.05, 3.63) is 94.6 Å². The number of aromatic nitrogens is 4. The minimum atomic E-state index is -0.880. The van der Waals surface area contributed by atoms with Gasteiger partial charge in [-0.05, 0) is 30.3 Å². The van der Waals surface area contributed by atoms with Gasteiger partial charge in [-0.2, -0.15) is 15.0 Å². The molecule has 4 aromatic rings. The molecule has 0 radical (unpaired) electrons. The summed E-state index contributed by atoms with van der Waals surface area (Å²) in [5, 5.41) is 13.2. The van der Waals surface area contributed by atoms with E-state index < -0.39 is 28.7 Å². The third kappa shape index (κ3) is 4.52. The molecule has 1 aliphatic heterocycles. The van der Waals surface area contributed by atoms with Crippen LogP contribution in [0.15, 0.2) is 65.8 Å². The zero-order valence-electron chi connectivity index (χ0n) is 19.4. The Kier molecular flexibility index (Phi) is 6.14. The van der Waals surface area contributed by atoms with Gasteiger partial charge in [0.15, 0.2) is 17.2 Å². The van der Waals surface area contributed by atoms with Crippen LogP contribution in [0.25, 0.3) is 5.69 Å². The number of methoxy groups -OCH3 is 1. The summed E-state index contributed by atoms with van der Waals surface area (Å²) in [6.45, 7) is 0.303. The topological polar surface area (TPSA) is 98.2 Å². The van der Waals surface area contributed by atoms with E-state index in [-0.39, 0.29) is 23.5 Å². The first kappa shape index (κ1) is 24.1. The number of nitrogens with zero attached hydrogens (tertiary/aromatic N) is 6. The number of nitriles is 1. The Hall–Kier alpha value is -4.63. The number of benzene rings is 2. The van der Waals surface area contributed by atoms with E-state index in [4.69, 9.17) is 9.47 Å². The maximum Gasteiger partial charge on any atom is 0.350 e. The largest absolute Gasteiger partial charge is 0.454 e. The molecular weight excluding hydrogens is 489 g/mol. The first-order valence-electron chi connectivity index (χ1n) is 11.0. The van der Waals surface area contributed by atoms with Gasteiger partial charge in [0.2, 0.25) is 0 Å². The van der Waals surface area contributed by atoms with Crippen LogP contribution in [0, 0.1) is 28.8 Å². The van der Waals surface area contributed by atoms with Crippen LogP contribution in [0.4, 0.5) is 19.0 Å². The van der Waals surface area contributed by atoms with Gasteiger partial charge in [0, 0.05) is 31.0 Å². The number of hydrogen-bond acceptors (Lipinski definition) is 7. The standard InChI is InChI=1S/C25H19F3N6O3/c1-36-25(12-29)13-33(14-25)23-10-17(7-8-30-23)37-22-6-5-16(9-21(22)28)34-24(35)32(15-31-34)11-18-19(26)3-2-4-20(18)27/h2-10,15H,11,13-14H2,1H3. The summed E-state index contributed by atoms with van der Waals surface area (Å²) in [6, 6.07) is 12.5. The van der Waals surface area contributed by atoms with E-state index in [1.54, 1.807) is 12.1 Å². The highest BCUT2D eigenvalue weighted by Crippen LogP contribution is 2.32. The van der Waals surface area contributed by atoms with Crippen molar-refractivity contribution < 1.29 is 22.6 Å². The number of pyridine rings is 1. The van der Waals surface area contributed by atoms with Gasteiger partial charge in [-0.1, -0.05) is 6.07 Å². The molecule has 0 unspecified atom stereocenters. The fourth-order valence-corrected chi connectivity index (χ4v) is 3.92. The molecule has 0 aliphatic carbocycles. The molecule has 5 rings (SSSR count). The van der Waals surface area contributed by atoms with Gasteiger partial charge in [0.05, 0.1) is 25.3 Å². The van der Waals surface area contributed by atoms with E-state index in [9.17, 15) is 23.2 Å². The van der Waals surface area contributed by atoms with E-state index in [2.05, 4.69) is 16.2 Å². The Morgan fingerprint density at radius 3 is 2.51 bits per heavy atom. The molecule has 0 saturated carbocycles. The molecule has 0 N–H and O–H groups in total. The van der Waals surface area contributed by atoms with Gasteiger partial charge in [-0.25, -0.2) is 22.9 Å². The number of hydrogen-bond donors (Lipinski definition) is 0. The monoisotopic (exact) mass is 508 g/mol. The third-order valence-corrected chi connectivity index (χ3v) is 6.04. The molecule has 1 fully saturated rings. The van der Waals surface area contributed by atoms with Crippen molar-refractivity contribution in [2.45, 2.75) is 12.1 Å². The summed E-state index contributed by atoms with van der Waals surface area (Å²) >= 11 is 0. The fourth-order valence-electron chi connectivity index (χ4n) is 3.92. The second-order valence-electron chi connectivity index (χ2n) is 8.39. The van der Waals surface area contributed by atoms with Crippen LogP contribution in [-0.2, 0) is 11.3 Å². The van der Waals surface area contributed by atoms with Crippen molar-refractivity contribution in [2.24, 2.45) is 0 Å². The summed E-state index contributed by atoms with van der Waals surface area (Å²) in [6.07, 6.45) is 2.62. The van der Waals surface area contributed by atoms with Crippen molar-refractivity contribution in [3.8, 4) is 23.3 Å². The van der Waals surface area contributed by atoms with Crippen molar-refractivity contribution in [1.29, 1.82) is 5.26 Å². The Morgan fingerprint density at radius 1 is 1.08 bits per heavy atom. The summed E-state index contributed by atoms with van der Waals surface area (Å²) in [7, 11) is 1.47. The molecule has 3 heterocycles. The van der Waals surface area contributed by atoms with E-state index in [1.165, 1.54) is 31.5 Å². The predicted molar refractivity (Wildman–Crippen MR) is 125 cm³/mol. The molecule has 0 amide bonds. The van der Waals surface area contributed by atoms with Crippen LogP contribution < -0.4 is 15.3 Å². The Labute approximate surface area is 208 Å². The SMILES string of the molecule is COC1(C#N)CN(c2cc(Oc3ccc(-n4ncn(Cc5c(F)cccc5F)c4=O)cc3F)ccn2)C1. The van der Waals surface area contributed by atoms with E-state index in [0.717, 1.165) is 33.8 Å². The minimum absolute atomic E-state index is 0.103. The van der Waals surface area contributed by atoms with Crippen LogP contribution >= 0.6 is 0 Å². The molecule has 12 heteroatoms. The Balaban J connectivity index is 1.33. The normalized spacial score (nSPS) is 14.2. The fraction of sp³-hybridized carbons (Fsp3) is 0.200. The predicted octanol–water partition coefficient (Wildman–Crippen LogP) is 3.42. The molecule has 2 aromatic carbocycles. The lowest BCUT2D eigenvalue weighted by Gasteiger charge is -2.44. The zero-order valence-corrected chi connectivity index (χ0v) is 19.4. The molecule has 1 saturated heterocycles. The molecule has 37 heavy (non-hydrogen) atoms. The van der Waals surface area contributed by atoms with Crippen LogP contribution in [0.5, 0.6) is 11.5 Å². The summed E-state index contributed by atoms with van der Waals surface area (Å²) < 4.78 is 55.7. The van der Waals surface area contributed by atoms with Crippen molar-refractivity contribution in [2.75, 3.05) is 25.1 Å². The lowest BCUT2D eigenvalue weighted by Crippen LogP contribution is -2.62. The van der Waals surface area contributed by atoms with Gasteiger partial charge in [0.1, 0.15) is 35.6 Å². The van der Waals surface area contributed by atoms with Crippen LogP contribution in [0.1, 0.15) is 5.56 Å².